The highest BCUT2D eigenvalue weighted by atomic mass is 32.2. The first-order valence-electron chi connectivity index (χ1n) is 7.76. The Labute approximate surface area is 128 Å². The summed E-state index contributed by atoms with van der Waals surface area (Å²) in [7, 11) is -1.65. The van der Waals surface area contributed by atoms with Crippen molar-refractivity contribution in [2.45, 2.75) is 44.4 Å². The number of para-hydroxylation sites is 1. The maximum atomic E-state index is 12.8. The molecule has 1 aliphatic heterocycles. The molecule has 1 heterocycles. The van der Waals surface area contributed by atoms with Crippen LogP contribution in [0.5, 0.6) is 0 Å². The smallest absolute Gasteiger partial charge is 0.245 e. The highest BCUT2D eigenvalue weighted by Crippen LogP contribution is 2.39. The second kappa shape index (κ2) is 6.36. The van der Waals surface area contributed by atoms with Gasteiger partial charge in [0.2, 0.25) is 10.0 Å². The van der Waals surface area contributed by atoms with Crippen molar-refractivity contribution < 1.29 is 8.42 Å². The zero-order valence-corrected chi connectivity index (χ0v) is 14.0. The van der Waals surface area contributed by atoms with Gasteiger partial charge in [0.25, 0.3) is 0 Å². The summed E-state index contributed by atoms with van der Waals surface area (Å²) in [5.74, 6) is 0. The van der Waals surface area contributed by atoms with Crippen LogP contribution in [0.1, 0.15) is 39.5 Å². The Balaban J connectivity index is 2.23. The SMILES string of the molecule is CCC1(CC)CCN(S(=O)(=O)c2ccccc2NC)CC1. The molecule has 0 spiro atoms. The Morgan fingerprint density at radius 2 is 1.71 bits per heavy atom. The van der Waals surface area contributed by atoms with Crippen molar-refractivity contribution in [3.05, 3.63) is 24.3 Å². The summed E-state index contributed by atoms with van der Waals surface area (Å²) in [6.07, 6.45) is 4.18. The normalized spacial score (nSPS) is 19.4. The van der Waals surface area contributed by atoms with Crippen LogP contribution in [0.2, 0.25) is 0 Å². The average molecular weight is 310 g/mol. The molecule has 0 unspecified atom stereocenters. The lowest BCUT2D eigenvalue weighted by molar-refractivity contribution is 0.141. The molecule has 1 saturated heterocycles. The summed E-state index contributed by atoms with van der Waals surface area (Å²) in [5.41, 5.74) is 0.995. The Hall–Kier alpha value is -1.07. The summed E-state index contributed by atoms with van der Waals surface area (Å²) < 4.78 is 27.3. The molecule has 1 aromatic rings. The van der Waals surface area contributed by atoms with Gasteiger partial charge in [0.15, 0.2) is 0 Å². The molecule has 21 heavy (non-hydrogen) atoms. The average Bonchev–Trinajstić information content (AvgIpc) is 2.54. The maximum absolute atomic E-state index is 12.8. The molecular formula is C16H26N2O2S. The monoisotopic (exact) mass is 310 g/mol. The number of hydrogen-bond donors (Lipinski definition) is 1. The molecule has 4 nitrogen and oxygen atoms in total. The predicted octanol–water partition coefficient (Wildman–Crippen LogP) is 3.32. The van der Waals surface area contributed by atoms with Crippen LogP contribution in [0.15, 0.2) is 29.2 Å². The van der Waals surface area contributed by atoms with E-state index in [1.165, 1.54) is 0 Å². The minimum Gasteiger partial charge on any atom is -0.387 e. The first kappa shape index (κ1) is 16.3. The molecule has 0 saturated carbocycles. The number of sulfonamides is 1. The van der Waals surface area contributed by atoms with Crippen molar-refractivity contribution in [2.24, 2.45) is 5.41 Å². The molecule has 1 aliphatic rings. The van der Waals surface area contributed by atoms with Crippen molar-refractivity contribution in [3.63, 3.8) is 0 Å². The van der Waals surface area contributed by atoms with E-state index >= 15 is 0 Å². The van der Waals surface area contributed by atoms with Crippen LogP contribution in [0.3, 0.4) is 0 Å². The van der Waals surface area contributed by atoms with Gasteiger partial charge in [-0.1, -0.05) is 38.8 Å². The maximum Gasteiger partial charge on any atom is 0.245 e. The van der Waals surface area contributed by atoms with Crippen LogP contribution in [0, 0.1) is 5.41 Å². The van der Waals surface area contributed by atoms with Crippen LogP contribution in [-0.2, 0) is 10.0 Å². The van der Waals surface area contributed by atoms with Gasteiger partial charge in [-0.3, -0.25) is 0 Å². The van der Waals surface area contributed by atoms with E-state index in [1.54, 1.807) is 29.6 Å². The van der Waals surface area contributed by atoms with E-state index in [0.717, 1.165) is 25.7 Å². The van der Waals surface area contributed by atoms with Crippen LogP contribution >= 0.6 is 0 Å². The van der Waals surface area contributed by atoms with Crippen molar-refractivity contribution in [3.8, 4) is 0 Å². The van der Waals surface area contributed by atoms with E-state index in [0.29, 0.717) is 29.1 Å². The van der Waals surface area contributed by atoms with Crippen LogP contribution in [0.4, 0.5) is 5.69 Å². The van der Waals surface area contributed by atoms with Gasteiger partial charge in [0.05, 0.1) is 5.69 Å². The number of rotatable bonds is 5. The van der Waals surface area contributed by atoms with Gasteiger partial charge < -0.3 is 5.32 Å². The highest BCUT2D eigenvalue weighted by Gasteiger charge is 2.36. The lowest BCUT2D eigenvalue weighted by Crippen LogP contribution is -2.42. The number of nitrogens with zero attached hydrogens (tertiary/aromatic N) is 1. The second-order valence-electron chi connectivity index (χ2n) is 5.86. The van der Waals surface area contributed by atoms with Crippen LogP contribution in [0.25, 0.3) is 0 Å². The minimum absolute atomic E-state index is 0.328. The van der Waals surface area contributed by atoms with Crippen LogP contribution < -0.4 is 5.32 Å². The van der Waals surface area contributed by atoms with Gasteiger partial charge in [-0.15, -0.1) is 0 Å². The van der Waals surface area contributed by atoms with E-state index < -0.39 is 10.0 Å². The van der Waals surface area contributed by atoms with Crippen molar-refractivity contribution in [2.75, 3.05) is 25.5 Å². The summed E-state index contributed by atoms with van der Waals surface area (Å²) in [6.45, 7) is 5.68. The minimum atomic E-state index is -3.40. The van der Waals surface area contributed by atoms with Gasteiger partial charge in [0, 0.05) is 20.1 Å². The fraction of sp³-hybridized carbons (Fsp3) is 0.625. The molecule has 0 aromatic heterocycles. The quantitative estimate of drug-likeness (QED) is 0.907. The molecule has 1 N–H and O–H groups in total. The molecule has 118 valence electrons. The molecule has 2 rings (SSSR count). The summed E-state index contributed by atoms with van der Waals surface area (Å²) in [6, 6.07) is 7.11. The Morgan fingerprint density at radius 3 is 2.24 bits per heavy atom. The standard InChI is InChI=1S/C16H26N2O2S/c1-4-16(5-2)10-12-18(13-11-16)21(19,20)15-9-7-6-8-14(15)17-3/h6-9,17H,4-5,10-13H2,1-3H3. The third kappa shape index (κ3) is 3.09. The molecular weight excluding hydrogens is 284 g/mol. The molecule has 1 aromatic carbocycles. The summed E-state index contributed by atoms with van der Waals surface area (Å²) >= 11 is 0. The van der Waals surface area contributed by atoms with Gasteiger partial charge in [-0.05, 0) is 30.4 Å². The zero-order chi connectivity index (χ0) is 15.5. The Bertz CT molecular complexity index is 570. The van der Waals surface area contributed by atoms with Crippen molar-refractivity contribution in [1.82, 2.24) is 4.31 Å². The largest absolute Gasteiger partial charge is 0.387 e. The number of anilines is 1. The molecule has 0 amide bonds. The fourth-order valence-corrected chi connectivity index (χ4v) is 4.84. The summed E-state index contributed by atoms with van der Waals surface area (Å²) in [4.78, 5) is 0.382. The number of hydrogen-bond acceptors (Lipinski definition) is 3. The lowest BCUT2D eigenvalue weighted by Gasteiger charge is -2.40. The van der Waals surface area contributed by atoms with Gasteiger partial charge in [-0.2, -0.15) is 4.31 Å². The van der Waals surface area contributed by atoms with E-state index in [1.807, 2.05) is 6.07 Å². The predicted molar refractivity (Wildman–Crippen MR) is 87.0 cm³/mol. The lowest BCUT2D eigenvalue weighted by atomic mass is 9.75. The third-order valence-corrected chi connectivity index (χ3v) is 7.01. The summed E-state index contributed by atoms with van der Waals surface area (Å²) in [5, 5.41) is 2.97. The second-order valence-corrected chi connectivity index (χ2v) is 7.76. The molecule has 5 heteroatoms. The van der Waals surface area contributed by atoms with E-state index in [9.17, 15) is 8.42 Å². The Morgan fingerprint density at radius 1 is 1.14 bits per heavy atom. The van der Waals surface area contributed by atoms with E-state index in [2.05, 4.69) is 19.2 Å². The first-order valence-corrected chi connectivity index (χ1v) is 9.20. The van der Waals surface area contributed by atoms with E-state index in [-0.39, 0.29) is 0 Å². The van der Waals surface area contributed by atoms with E-state index in [4.69, 9.17) is 0 Å². The van der Waals surface area contributed by atoms with Crippen LogP contribution in [-0.4, -0.2) is 32.9 Å². The van der Waals surface area contributed by atoms with Crippen molar-refractivity contribution >= 4 is 15.7 Å². The Kier molecular flexibility index (Phi) is 4.94. The third-order valence-electron chi connectivity index (χ3n) is 5.06. The molecule has 0 atom stereocenters. The fourth-order valence-electron chi connectivity index (χ4n) is 3.20. The first-order chi connectivity index (χ1) is 9.99. The molecule has 1 fully saturated rings. The van der Waals surface area contributed by atoms with Gasteiger partial charge in [0.1, 0.15) is 4.90 Å². The van der Waals surface area contributed by atoms with Gasteiger partial charge in [-0.25, -0.2) is 8.42 Å². The topological polar surface area (TPSA) is 49.4 Å². The zero-order valence-electron chi connectivity index (χ0n) is 13.2. The van der Waals surface area contributed by atoms with Crippen molar-refractivity contribution in [1.29, 1.82) is 0 Å². The molecule has 0 radical (unpaired) electrons. The number of benzene rings is 1. The number of nitrogens with one attached hydrogen (secondary N) is 1. The highest BCUT2D eigenvalue weighted by molar-refractivity contribution is 7.89. The van der Waals surface area contributed by atoms with Gasteiger partial charge >= 0.3 is 0 Å². The molecule has 0 aliphatic carbocycles. The molecule has 0 bridgehead atoms. The number of piperidine rings is 1.